The first-order valence-electron chi connectivity index (χ1n) is 23.5. The lowest BCUT2D eigenvalue weighted by atomic mass is 9.79. The van der Waals surface area contributed by atoms with Gasteiger partial charge in [-0.15, -0.1) is 5.06 Å². The number of carbonyl (C=O) groups is 9. The summed E-state index contributed by atoms with van der Waals surface area (Å²) in [5, 5.41) is 44.3. The Morgan fingerprint density at radius 3 is 1.59 bits per heavy atom. The second-order valence-electron chi connectivity index (χ2n) is 17.1. The molecule has 0 saturated carbocycles. The van der Waals surface area contributed by atoms with Gasteiger partial charge in [0, 0.05) is 84.7 Å². The Kier molecular flexibility index (Phi) is 27.4. The lowest BCUT2D eigenvalue weighted by Crippen LogP contribution is -2.52. The molecule has 1 aliphatic carbocycles. The number of carboxylic acid groups (broad SMARTS) is 4. The van der Waals surface area contributed by atoms with E-state index in [2.05, 4.69) is 10.6 Å². The average Bonchev–Trinajstić information content (AvgIpc) is 3.60. The Balaban J connectivity index is 1.22. The average molecular weight is 1000 g/mol. The van der Waals surface area contributed by atoms with Crippen molar-refractivity contribution in [2.24, 2.45) is 5.41 Å². The van der Waals surface area contributed by atoms with Crippen molar-refractivity contribution in [3.05, 3.63) is 12.2 Å². The number of hydrogen-bond donors (Lipinski definition) is 6. The highest BCUT2D eigenvalue weighted by molar-refractivity contribution is 6.01. The first-order valence-corrected chi connectivity index (χ1v) is 23.5. The molecule has 0 bridgehead atoms. The standard InChI is InChI=1S/C44H71N7O19/c1-44(42(63)70-51-36(53)7-8-37(51)54)10-3-2-4-33(9-11-44)69-43(64)46-13-23-66-25-27-68-29-28-67-26-24-65-22-12-45-35(52)6-5-34(41(61)62)50-20-18-48(31-39(57)58)16-14-47(30-38(55)56)15-17-49(19-21-50)32-40(59)60/h2,4,33-34H,3,5-32H2,1H3,(H,45,52)(H,46,64)(H,55,56)(H,57,58)(H,59,60)(H,61,62)/b4-2+/t33-,34?,44+/m1/s1. The molecular formula is C44H71N7O19. The Bertz CT molecular complexity index is 1710. The van der Waals surface area contributed by atoms with Gasteiger partial charge in [-0.3, -0.25) is 53.2 Å². The predicted molar refractivity (Wildman–Crippen MR) is 242 cm³/mol. The molecule has 0 aromatic carbocycles. The number of carboxylic acids is 4. The van der Waals surface area contributed by atoms with Gasteiger partial charge < -0.3 is 59.6 Å². The first kappa shape index (κ1) is 59.0. The molecule has 1 unspecified atom stereocenters. The number of carbonyl (C=O) groups excluding carboxylic acids is 5. The molecule has 3 atom stereocenters. The SMILES string of the molecule is C[C@]1(C(=O)ON2C(=O)CCC2=O)CC/C=C/[C@@H](OC(=O)NCCOCCOCCOCCOCCNC(=O)CCC(C(=O)O)N2CCN(CC(=O)O)CCN(CC(=O)O)CCN(CC(=O)O)CC2)CC1. The third-order valence-electron chi connectivity index (χ3n) is 11.6. The molecule has 0 spiro atoms. The third kappa shape index (κ3) is 24.0. The van der Waals surface area contributed by atoms with Crippen molar-refractivity contribution in [3.8, 4) is 0 Å². The van der Waals surface area contributed by atoms with Crippen molar-refractivity contribution in [1.29, 1.82) is 0 Å². The lowest BCUT2D eigenvalue weighted by Gasteiger charge is -2.35. The normalized spacial score (nSPS) is 21.3. The second kappa shape index (κ2) is 32.5. The largest absolute Gasteiger partial charge is 0.480 e. The second-order valence-corrected chi connectivity index (χ2v) is 17.1. The van der Waals surface area contributed by atoms with Gasteiger partial charge in [0.15, 0.2) is 0 Å². The van der Waals surface area contributed by atoms with E-state index in [1.54, 1.807) is 32.6 Å². The number of hydroxylamine groups is 2. The Hall–Kier alpha value is -5.35. The van der Waals surface area contributed by atoms with E-state index in [-0.39, 0.29) is 150 Å². The topological polar surface area (TPSA) is 330 Å². The van der Waals surface area contributed by atoms with Crippen LogP contribution in [0.1, 0.15) is 58.3 Å². The van der Waals surface area contributed by atoms with Crippen LogP contribution < -0.4 is 10.6 Å². The maximum atomic E-state index is 12.9. The Labute approximate surface area is 406 Å². The van der Waals surface area contributed by atoms with Crippen LogP contribution in [0.2, 0.25) is 0 Å². The summed E-state index contributed by atoms with van der Waals surface area (Å²) in [6.07, 6.45) is 3.72. The number of allylic oxidation sites excluding steroid dienone is 1. The van der Waals surface area contributed by atoms with Gasteiger partial charge in [-0.25, -0.2) is 9.59 Å². The zero-order valence-corrected chi connectivity index (χ0v) is 40.0. The van der Waals surface area contributed by atoms with Gasteiger partial charge in [0.05, 0.1) is 77.9 Å². The number of hydrogen-bond acceptors (Lipinski definition) is 19. The smallest absolute Gasteiger partial charge is 0.407 e. The van der Waals surface area contributed by atoms with E-state index < -0.39 is 71.2 Å². The van der Waals surface area contributed by atoms with Crippen molar-refractivity contribution >= 4 is 53.7 Å². The molecule has 396 valence electrons. The summed E-state index contributed by atoms with van der Waals surface area (Å²) in [5.41, 5.74) is -0.981. The van der Waals surface area contributed by atoms with Crippen LogP contribution in [0.15, 0.2) is 12.2 Å². The van der Waals surface area contributed by atoms with Crippen LogP contribution in [0.4, 0.5) is 4.79 Å². The zero-order valence-electron chi connectivity index (χ0n) is 40.0. The molecule has 0 radical (unpaired) electrons. The molecular weight excluding hydrogens is 931 g/mol. The maximum Gasteiger partial charge on any atom is 0.407 e. The van der Waals surface area contributed by atoms with E-state index in [9.17, 15) is 63.6 Å². The van der Waals surface area contributed by atoms with E-state index >= 15 is 0 Å². The lowest BCUT2D eigenvalue weighted by molar-refractivity contribution is -0.205. The molecule has 6 N–H and O–H groups in total. The van der Waals surface area contributed by atoms with E-state index in [4.69, 9.17) is 28.5 Å². The summed E-state index contributed by atoms with van der Waals surface area (Å²) in [5.74, 6) is -6.65. The molecule has 0 aromatic heterocycles. The van der Waals surface area contributed by atoms with Crippen LogP contribution in [0, 0.1) is 5.41 Å². The number of ether oxygens (including phenoxy) is 5. The van der Waals surface area contributed by atoms with Gasteiger partial charge in [-0.2, -0.15) is 0 Å². The van der Waals surface area contributed by atoms with Gasteiger partial charge in [0.1, 0.15) is 12.1 Å². The van der Waals surface area contributed by atoms with Gasteiger partial charge in [0.2, 0.25) is 5.91 Å². The highest BCUT2D eigenvalue weighted by Crippen LogP contribution is 2.35. The van der Waals surface area contributed by atoms with E-state index in [1.165, 1.54) is 0 Å². The van der Waals surface area contributed by atoms with Crippen molar-refractivity contribution in [2.75, 3.05) is 138 Å². The number of aliphatic carboxylic acids is 4. The number of imide groups is 1. The summed E-state index contributed by atoms with van der Waals surface area (Å²) >= 11 is 0. The van der Waals surface area contributed by atoms with Crippen LogP contribution in [-0.4, -0.2) is 249 Å². The molecule has 70 heavy (non-hydrogen) atoms. The summed E-state index contributed by atoms with van der Waals surface area (Å²) < 4.78 is 27.4. The van der Waals surface area contributed by atoms with Crippen molar-refractivity contribution < 1.29 is 92.1 Å². The molecule has 4 amide bonds. The van der Waals surface area contributed by atoms with E-state index in [0.717, 1.165) is 0 Å². The van der Waals surface area contributed by atoms with E-state index in [1.807, 2.05) is 6.08 Å². The molecule has 0 aromatic rings. The minimum atomic E-state index is -1.19. The fourth-order valence-corrected chi connectivity index (χ4v) is 7.65. The number of amides is 4. The first-order chi connectivity index (χ1) is 33.4. The number of alkyl carbamates (subject to hydrolysis) is 1. The van der Waals surface area contributed by atoms with Crippen molar-refractivity contribution in [1.82, 2.24) is 35.3 Å². The number of rotatable bonds is 29. The summed E-state index contributed by atoms with van der Waals surface area (Å²) in [6, 6.07) is -1.13. The molecule has 2 fully saturated rings. The molecule has 26 nitrogen and oxygen atoms in total. The van der Waals surface area contributed by atoms with Gasteiger partial charge >= 0.3 is 35.9 Å². The summed E-state index contributed by atoms with van der Waals surface area (Å²) in [7, 11) is 0. The zero-order chi connectivity index (χ0) is 51.3. The van der Waals surface area contributed by atoms with Crippen LogP contribution in [-0.2, 0) is 66.9 Å². The minimum Gasteiger partial charge on any atom is -0.480 e. The van der Waals surface area contributed by atoms with Crippen LogP contribution in [0.5, 0.6) is 0 Å². The third-order valence-corrected chi connectivity index (χ3v) is 11.6. The Morgan fingerprint density at radius 1 is 0.657 bits per heavy atom. The Morgan fingerprint density at radius 2 is 1.11 bits per heavy atom. The van der Waals surface area contributed by atoms with Crippen LogP contribution in [0.25, 0.3) is 0 Å². The van der Waals surface area contributed by atoms with Gasteiger partial charge in [-0.05, 0) is 45.1 Å². The summed E-state index contributed by atoms with van der Waals surface area (Å²) in [6.45, 7) is 4.34. The predicted octanol–water partition coefficient (Wildman–Crippen LogP) is -1.28. The fourth-order valence-electron chi connectivity index (χ4n) is 7.65. The van der Waals surface area contributed by atoms with E-state index in [0.29, 0.717) is 44.0 Å². The molecule has 2 heterocycles. The van der Waals surface area contributed by atoms with Gasteiger partial charge in [-0.1, -0.05) is 6.08 Å². The monoisotopic (exact) mass is 1000 g/mol. The van der Waals surface area contributed by atoms with Crippen molar-refractivity contribution in [2.45, 2.75) is 70.4 Å². The number of nitrogens with one attached hydrogen (secondary N) is 2. The highest BCUT2D eigenvalue weighted by Gasteiger charge is 2.41. The van der Waals surface area contributed by atoms with Crippen LogP contribution >= 0.6 is 0 Å². The summed E-state index contributed by atoms with van der Waals surface area (Å²) in [4.78, 5) is 120. The van der Waals surface area contributed by atoms with Gasteiger partial charge in [0.25, 0.3) is 11.8 Å². The highest BCUT2D eigenvalue weighted by atomic mass is 16.7. The van der Waals surface area contributed by atoms with Crippen LogP contribution in [0.3, 0.4) is 0 Å². The number of nitrogens with zero attached hydrogens (tertiary/aromatic N) is 5. The molecule has 26 heteroatoms. The molecule has 3 rings (SSSR count). The molecule has 2 aliphatic heterocycles. The minimum absolute atomic E-state index is 0.00390. The molecule has 3 aliphatic rings. The quantitative estimate of drug-likeness (QED) is 0.0289. The molecule has 2 saturated heterocycles. The fraction of sp³-hybridized carbons (Fsp3) is 0.750. The van der Waals surface area contributed by atoms with Crippen molar-refractivity contribution in [3.63, 3.8) is 0 Å². The maximum absolute atomic E-state index is 12.9.